The molecule has 0 saturated carbocycles. The predicted octanol–water partition coefficient (Wildman–Crippen LogP) is 1.76. The first-order chi connectivity index (χ1) is 11.6. The Morgan fingerprint density at radius 2 is 2.17 bits per heavy atom. The van der Waals surface area contributed by atoms with Crippen LogP contribution in [-0.2, 0) is 11.3 Å². The predicted molar refractivity (Wildman–Crippen MR) is 97.0 cm³/mol. The van der Waals surface area contributed by atoms with Gasteiger partial charge in [-0.1, -0.05) is 15.9 Å². The van der Waals surface area contributed by atoms with E-state index in [1.54, 1.807) is 12.1 Å². The van der Waals surface area contributed by atoms with Gasteiger partial charge in [0, 0.05) is 30.5 Å². The highest BCUT2D eigenvalue weighted by atomic mass is 79.9. The number of rotatable bonds is 4. The fraction of sp³-hybridized carbons (Fsp3) is 0.471. The summed E-state index contributed by atoms with van der Waals surface area (Å²) in [5.41, 5.74) is 0.552. The van der Waals surface area contributed by atoms with E-state index >= 15 is 0 Å². The molecule has 7 heteroatoms. The van der Waals surface area contributed by atoms with Crippen molar-refractivity contribution in [3.63, 3.8) is 0 Å². The topological polar surface area (TPSA) is 67.2 Å². The fourth-order valence-electron chi connectivity index (χ4n) is 3.08. The maximum absolute atomic E-state index is 12.5. The first-order valence-electron chi connectivity index (χ1n) is 8.17. The van der Waals surface area contributed by atoms with Gasteiger partial charge in [0.25, 0.3) is 5.56 Å². The van der Waals surface area contributed by atoms with Crippen LogP contribution in [0, 0.1) is 0 Å². The van der Waals surface area contributed by atoms with E-state index in [4.69, 9.17) is 0 Å². The molecule has 0 aliphatic carbocycles. The van der Waals surface area contributed by atoms with Crippen molar-refractivity contribution in [1.82, 2.24) is 19.8 Å². The molecule has 0 atom stereocenters. The van der Waals surface area contributed by atoms with Crippen LogP contribution in [0.3, 0.4) is 0 Å². The molecule has 2 aromatic rings. The lowest BCUT2D eigenvalue weighted by Crippen LogP contribution is -2.44. The van der Waals surface area contributed by atoms with E-state index in [9.17, 15) is 9.59 Å². The summed E-state index contributed by atoms with van der Waals surface area (Å²) in [5, 5.41) is 3.86. The van der Waals surface area contributed by atoms with Gasteiger partial charge in [-0.25, -0.2) is 4.98 Å². The molecule has 1 saturated heterocycles. The highest BCUT2D eigenvalue weighted by Crippen LogP contribution is 2.15. The Labute approximate surface area is 149 Å². The highest BCUT2D eigenvalue weighted by Gasteiger charge is 2.21. The van der Waals surface area contributed by atoms with Crippen LogP contribution >= 0.6 is 15.9 Å². The zero-order chi connectivity index (χ0) is 17.1. The number of hydrogen-bond acceptors (Lipinski definition) is 4. The monoisotopic (exact) mass is 392 g/mol. The lowest BCUT2D eigenvalue weighted by Gasteiger charge is -2.31. The van der Waals surface area contributed by atoms with Crippen molar-refractivity contribution in [2.24, 2.45) is 0 Å². The van der Waals surface area contributed by atoms with Gasteiger partial charge < -0.3 is 10.2 Å². The van der Waals surface area contributed by atoms with Crippen molar-refractivity contribution >= 4 is 32.7 Å². The van der Waals surface area contributed by atoms with Crippen LogP contribution < -0.4 is 10.9 Å². The molecule has 0 spiro atoms. The largest absolute Gasteiger partial charge is 0.343 e. The first kappa shape index (κ1) is 17.1. The molecule has 6 nitrogen and oxygen atoms in total. The summed E-state index contributed by atoms with van der Waals surface area (Å²) in [6, 6.07) is 5.73. The average molecular weight is 393 g/mol. The van der Waals surface area contributed by atoms with Crippen LogP contribution in [0.15, 0.2) is 33.8 Å². The van der Waals surface area contributed by atoms with Crippen LogP contribution in [0.1, 0.15) is 19.3 Å². The molecule has 0 unspecified atom stereocenters. The van der Waals surface area contributed by atoms with Crippen LogP contribution in [0.25, 0.3) is 10.9 Å². The number of amides is 1. The molecular weight excluding hydrogens is 372 g/mol. The zero-order valence-corrected chi connectivity index (χ0v) is 15.3. The second-order valence-corrected chi connectivity index (χ2v) is 7.06. The van der Waals surface area contributed by atoms with Gasteiger partial charge in [0.2, 0.25) is 5.91 Å². The lowest BCUT2D eigenvalue weighted by atomic mass is 10.1. The third kappa shape index (κ3) is 3.67. The second kappa shape index (κ2) is 7.44. The minimum absolute atomic E-state index is 0.0724. The van der Waals surface area contributed by atoms with Crippen molar-refractivity contribution in [3.8, 4) is 0 Å². The Bertz CT molecular complexity index is 799. The summed E-state index contributed by atoms with van der Waals surface area (Å²) in [4.78, 5) is 31.1. The molecule has 24 heavy (non-hydrogen) atoms. The molecule has 1 amide bonds. The minimum atomic E-state index is -0.112. The van der Waals surface area contributed by atoms with E-state index in [2.05, 4.69) is 26.2 Å². The average Bonchev–Trinajstić information content (AvgIpc) is 2.61. The Hall–Kier alpha value is -1.73. The van der Waals surface area contributed by atoms with Gasteiger partial charge in [0.05, 0.1) is 17.2 Å². The van der Waals surface area contributed by atoms with Crippen LogP contribution in [-0.4, -0.2) is 46.5 Å². The molecule has 3 rings (SSSR count). The van der Waals surface area contributed by atoms with Crippen molar-refractivity contribution in [2.75, 3.05) is 20.1 Å². The minimum Gasteiger partial charge on any atom is -0.343 e. The summed E-state index contributed by atoms with van der Waals surface area (Å²) in [6.45, 7) is 2.25. The zero-order valence-electron chi connectivity index (χ0n) is 13.7. The van der Waals surface area contributed by atoms with Crippen LogP contribution in [0.2, 0.25) is 0 Å². The van der Waals surface area contributed by atoms with E-state index in [-0.39, 0.29) is 11.5 Å². The molecule has 0 bridgehead atoms. The summed E-state index contributed by atoms with van der Waals surface area (Å²) in [6.07, 6.45) is 3.79. The SMILES string of the molecule is CN(C(=O)CCn1cnc2ccc(Br)cc2c1=O)C1CCNCC1. The van der Waals surface area contributed by atoms with E-state index < -0.39 is 0 Å². The number of hydrogen-bond donors (Lipinski definition) is 1. The van der Waals surface area contributed by atoms with Gasteiger partial charge in [-0.15, -0.1) is 0 Å². The lowest BCUT2D eigenvalue weighted by molar-refractivity contribution is -0.132. The molecule has 1 aromatic heterocycles. The molecule has 128 valence electrons. The number of fused-ring (bicyclic) bond motifs is 1. The van der Waals surface area contributed by atoms with Gasteiger partial charge in [0.1, 0.15) is 0 Å². The van der Waals surface area contributed by atoms with E-state index in [1.165, 1.54) is 10.9 Å². The van der Waals surface area contributed by atoms with Crippen LogP contribution in [0.5, 0.6) is 0 Å². The number of aryl methyl sites for hydroxylation is 1. The smallest absolute Gasteiger partial charge is 0.261 e. The van der Waals surface area contributed by atoms with E-state index in [1.807, 2.05) is 18.0 Å². The maximum Gasteiger partial charge on any atom is 0.261 e. The maximum atomic E-state index is 12.5. The summed E-state index contributed by atoms with van der Waals surface area (Å²) < 4.78 is 2.36. The molecule has 1 aliphatic heterocycles. The third-order valence-electron chi connectivity index (χ3n) is 4.60. The molecule has 0 radical (unpaired) electrons. The summed E-state index contributed by atoms with van der Waals surface area (Å²) >= 11 is 3.37. The molecule has 1 aliphatic rings. The summed E-state index contributed by atoms with van der Waals surface area (Å²) in [5.74, 6) is 0.0724. The van der Waals surface area contributed by atoms with E-state index in [0.29, 0.717) is 29.9 Å². The fourth-order valence-corrected chi connectivity index (χ4v) is 3.44. The van der Waals surface area contributed by atoms with Gasteiger partial charge >= 0.3 is 0 Å². The highest BCUT2D eigenvalue weighted by molar-refractivity contribution is 9.10. The normalized spacial score (nSPS) is 15.6. The number of nitrogens with zero attached hydrogens (tertiary/aromatic N) is 3. The van der Waals surface area contributed by atoms with Crippen molar-refractivity contribution < 1.29 is 4.79 Å². The molecule has 2 heterocycles. The summed E-state index contributed by atoms with van der Waals surface area (Å²) in [7, 11) is 1.86. The van der Waals surface area contributed by atoms with Crippen molar-refractivity contribution in [2.45, 2.75) is 31.8 Å². The number of aromatic nitrogens is 2. The molecule has 1 fully saturated rings. The molecule has 1 aromatic carbocycles. The second-order valence-electron chi connectivity index (χ2n) is 6.14. The number of nitrogens with one attached hydrogen (secondary N) is 1. The quantitative estimate of drug-likeness (QED) is 0.860. The number of halogens is 1. The van der Waals surface area contributed by atoms with Crippen molar-refractivity contribution in [3.05, 3.63) is 39.4 Å². The Morgan fingerprint density at radius 1 is 1.42 bits per heavy atom. The van der Waals surface area contributed by atoms with Gasteiger partial charge in [0.15, 0.2) is 0 Å². The Morgan fingerprint density at radius 3 is 2.92 bits per heavy atom. The van der Waals surface area contributed by atoms with Crippen molar-refractivity contribution in [1.29, 1.82) is 0 Å². The standard InChI is InChI=1S/C17H21BrN4O2/c1-21(13-4-7-19-8-5-13)16(23)6-9-22-11-20-15-3-2-12(18)10-14(15)17(22)24/h2-3,10-11,13,19H,4-9H2,1H3. The van der Waals surface area contributed by atoms with Crippen LogP contribution in [0.4, 0.5) is 0 Å². The Kier molecular flexibility index (Phi) is 5.30. The van der Waals surface area contributed by atoms with Gasteiger partial charge in [-0.3, -0.25) is 14.2 Å². The molecule has 1 N–H and O–H groups in total. The number of benzene rings is 1. The van der Waals surface area contributed by atoms with Gasteiger partial charge in [-0.2, -0.15) is 0 Å². The van der Waals surface area contributed by atoms with E-state index in [0.717, 1.165) is 30.4 Å². The third-order valence-corrected chi connectivity index (χ3v) is 5.10. The first-order valence-corrected chi connectivity index (χ1v) is 8.96. The number of carbonyl (C=O) groups excluding carboxylic acids is 1. The number of piperidine rings is 1. The van der Waals surface area contributed by atoms with Gasteiger partial charge in [-0.05, 0) is 44.1 Å². The Balaban J connectivity index is 1.70. The number of carbonyl (C=O) groups is 1. The molecular formula is C17H21BrN4O2.